The lowest BCUT2D eigenvalue weighted by molar-refractivity contribution is 0.508. The molecule has 21 heavy (non-hydrogen) atoms. The summed E-state index contributed by atoms with van der Waals surface area (Å²) >= 11 is 9.26. The highest BCUT2D eigenvalue weighted by atomic mass is 79.9. The Morgan fingerprint density at radius 1 is 1.24 bits per heavy atom. The molecule has 1 unspecified atom stereocenters. The lowest BCUT2D eigenvalue weighted by Gasteiger charge is -2.20. The molecule has 0 fully saturated rings. The van der Waals surface area contributed by atoms with Gasteiger partial charge in [0.15, 0.2) is 0 Å². The zero-order valence-corrected chi connectivity index (χ0v) is 13.8. The number of rotatable bonds is 5. The summed E-state index contributed by atoms with van der Waals surface area (Å²) in [4.78, 5) is 0. The number of likely N-dealkylation sites (N-methyl/N-ethyl adjacent to an activating group) is 1. The molecule has 0 aliphatic carbocycles. The average Bonchev–Trinajstić information content (AvgIpc) is 2.42. The van der Waals surface area contributed by atoms with Crippen molar-refractivity contribution in [1.29, 1.82) is 0 Å². The van der Waals surface area contributed by atoms with Crippen molar-refractivity contribution in [3.8, 4) is 0 Å². The molecule has 0 aromatic heterocycles. The lowest BCUT2D eigenvalue weighted by atomic mass is 9.98. The van der Waals surface area contributed by atoms with E-state index in [1.54, 1.807) is 12.1 Å². The van der Waals surface area contributed by atoms with Crippen LogP contribution in [0.3, 0.4) is 0 Å². The molecule has 1 N–H and O–H groups in total. The molecule has 5 heteroatoms. The van der Waals surface area contributed by atoms with Gasteiger partial charge in [-0.2, -0.15) is 0 Å². The van der Waals surface area contributed by atoms with Crippen LogP contribution in [-0.2, 0) is 6.42 Å². The van der Waals surface area contributed by atoms with Gasteiger partial charge in [-0.05, 0) is 58.7 Å². The largest absolute Gasteiger partial charge is 0.310 e. The number of hydrogen-bond donors (Lipinski definition) is 1. The third kappa shape index (κ3) is 4.25. The second kappa shape index (κ2) is 7.34. The fourth-order valence-electron chi connectivity index (χ4n) is 2.24. The Balaban J connectivity index is 2.33. The van der Waals surface area contributed by atoms with Crippen LogP contribution in [0, 0.1) is 11.6 Å². The van der Waals surface area contributed by atoms with Gasteiger partial charge < -0.3 is 5.32 Å². The minimum atomic E-state index is -0.339. The third-order valence-electron chi connectivity index (χ3n) is 3.19. The smallest absolute Gasteiger partial charge is 0.129 e. The van der Waals surface area contributed by atoms with Crippen LogP contribution in [0.15, 0.2) is 40.9 Å². The van der Waals surface area contributed by atoms with Crippen molar-refractivity contribution in [3.63, 3.8) is 0 Å². The van der Waals surface area contributed by atoms with E-state index in [0.29, 0.717) is 28.0 Å². The van der Waals surface area contributed by atoms with Crippen LogP contribution in [0.1, 0.15) is 24.1 Å². The molecule has 0 amide bonds. The fraction of sp³-hybridized carbons (Fsp3) is 0.250. The van der Waals surface area contributed by atoms with E-state index in [1.165, 1.54) is 18.2 Å². The summed E-state index contributed by atoms with van der Waals surface area (Å²) < 4.78 is 28.0. The average molecular weight is 375 g/mol. The topological polar surface area (TPSA) is 12.0 Å². The van der Waals surface area contributed by atoms with Crippen LogP contribution in [0.25, 0.3) is 0 Å². The second-order valence-electron chi connectivity index (χ2n) is 4.73. The first-order valence-corrected chi connectivity index (χ1v) is 7.80. The number of nitrogens with one attached hydrogen (secondary N) is 1. The highest BCUT2D eigenvalue weighted by Gasteiger charge is 2.17. The van der Waals surface area contributed by atoms with Gasteiger partial charge in [0.25, 0.3) is 0 Å². The quantitative estimate of drug-likeness (QED) is 0.703. The molecule has 2 rings (SSSR count). The minimum Gasteiger partial charge on any atom is -0.310 e. The van der Waals surface area contributed by atoms with Crippen molar-refractivity contribution < 1.29 is 8.78 Å². The maximum absolute atomic E-state index is 14.2. The first-order chi connectivity index (χ1) is 10.0. The summed E-state index contributed by atoms with van der Waals surface area (Å²) in [5, 5.41) is 3.67. The van der Waals surface area contributed by atoms with Gasteiger partial charge in [0.05, 0.1) is 5.02 Å². The molecule has 0 heterocycles. The molecule has 1 nitrogen and oxygen atoms in total. The summed E-state index contributed by atoms with van der Waals surface area (Å²) in [7, 11) is 0. The lowest BCUT2D eigenvalue weighted by Crippen LogP contribution is -2.24. The van der Waals surface area contributed by atoms with Gasteiger partial charge in [0.2, 0.25) is 0 Å². The Bertz CT molecular complexity index is 634. The number of halogens is 4. The Labute approximate surface area is 136 Å². The maximum Gasteiger partial charge on any atom is 0.129 e. The summed E-state index contributed by atoms with van der Waals surface area (Å²) in [6.07, 6.45) is 0.487. The first-order valence-electron chi connectivity index (χ1n) is 6.63. The Morgan fingerprint density at radius 3 is 2.67 bits per heavy atom. The maximum atomic E-state index is 14.2. The van der Waals surface area contributed by atoms with Gasteiger partial charge in [-0.1, -0.05) is 30.7 Å². The number of hydrogen-bond acceptors (Lipinski definition) is 1. The standard InChI is InChI=1S/C16H15BrClF2N/c1-2-21-16(7-10-4-3-5-11(19)6-10)12-8-14(18)13(17)9-15(12)20/h3-6,8-9,16,21H,2,7H2,1H3. The van der Waals surface area contributed by atoms with Crippen LogP contribution in [0.2, 0.25) is 5.02 Å². The van der Waals surface area contributed by atoms with Crippen LogP contribution >= 0.6 is 27.5 Å². The molecule has 0 aliphatic heterocycles. The Hall–Kier alpha value is -0.970. The summed E-state index contributed by atoms with van der Waals surface area (Å²) in [6.45, 7) is 2.62. The van der Waals surface area contributed by atoms with Crippen LogP contribution in [0.5, 0.6) is 0 Å². The highest BCUT2D eigenvalue weighted by molar-refractivity contribution is 9.10. The van der Waals surface area contributed by atoms with Crippen molar-refractivity contribution in [3.05, 3.63) is 68.7 Å². The van der Waals surface area contributed by atoms with Crippen LogP contribution in [-0.4, -0.2) is 6.54 Å². The fourth-order valence-corrected chi connectivity index (χ4v) is 2.73. The molecule has 0 aliphatic rings. The molecule has 0 bridgehead atoms. The summed E-state index contributed by atoms with van der Waals surface area (Å²) in [5.74, 6) is -0.634. The summed E-state index contributed by atoms with van der Waals surface area (Å²) in [5.41, 5.74) is 1.29. The molecule has 2 aromatic rings. The predicted molar refractivity (Wildman–Crippen MR) is 85.6 cm³/mol. The van der Waals surface area contributed by atoms with Gasteiger partial charge in [-0.3, -0.25) is 0 Å². The van der Waals surface area contributed by atoms with Crippen molar-refractivity contribution in [2.24, 2.45) is 0 Å². The van der Waals surface area contributed by atoms with E-state index in [2.05, 4.69) is 21.2 Å². The van der Waals surface area contributed by atoms with Gasteiger partial charge in [0, 0.05) is 16.1 Å². The molecule has 2 aromatic carbocycles. The zero-order valence-electron chi connectivity index (χ0n) is 11.5. The highest BCUT2D eigenvalue weighted by Crippen LogP contribution is 2.30. The van der Waals surface area contributed by atoms with Crippen LogP contribution < -0.4 is 5.32 Å². The Morgan fingerprint density at radius 2 is 2.00 bits per heavy atom. The predicted octanol–water partition coefficient (Wildman–Crippen LogP) is 5.27. The minimum absolute atomic E-state index is 0.262. The molecular formula is C16H15BrClF2N. The summed E-state index contributed by atoms with van der Waals surface area (Å²) in [6, 6.07) is 9.03. The molecule has 0 spiro atoms. The van der Waals surface area contributed by atoms with E-state index in [1.807, 2.05) is 13.0 Å². The van der Waals surface area contributed by atoms with E-state index in [4.69, 9.17) is 11.6 Å². The molecule has 0 radical (unpaired) electrons. The zero-order chi connectivity index (χ0) is 15.4. The van der Waals surface area contributed by atoms with Crippen molar-refractivity contribution in [2.75, 3.05) is 6.54 Å². The van der Waals surface area contributed by atoms with E-state index in [0.717, 1.165) is 5.56 Å². The first kappa shape index (κ1) is 16.4. The van der Waals surface area contributed by atoms with Crippen molar-refractivity contribution >= 4 is 27.5 Å². The van der Waals surface area contributed by atoms with Gasteiger partial charge >= 0.3 is 0 Å². The van der Waals surface area contributed by atoms with Crippen molar-refractivity contribution in [2.45, 2.75) is 19.4 Å². The molecule has 1 atom stereocenters. The van der Waals surface area contributed by atoms with Crippen molar-refractivity contribution in [1.82, 2.24) is 5.32 Å². The van der Waals surface area contributed by atoms with E-state index in [-0.39, 0.29) is 17.7 Å². The van der Waals surface area contributed by atoms with Gasteiger partial charge in [-0.15, -0.1) is 0 Å². The van der Waals surface area contributed by atoms with E-state index >= 15 is 0 Å². The second-order valence-corrected chi connectivity index (χ2v) is 5.99. The van der Waals surface area contributed by atoms with Gasteiger partial charge in [0.1, 0.15) is 11.6 Å². The monoisotopic (exact) mass is 373 g/mol. The SMILES string of the molecule is CCNC(Cc1cccc(F)c1)c1cc(Cl)c(Br)cc1F. The normalized spacial score (nSPS) is 12.4. The molecule has 0 saturated heterocycles. The molecular weight excluding hydrogens is 360 g/mol. The Kier molecular flexibility index (Phi) is 5.73. The molecule has 0 saturated carbocycles. The number of benzene rings is 2. The van der Waals surface area contributed by atoms with Crippen LogP contribution in [0.4, 0.5) is 8.78 Å². The van der Waals surface area contributed by atoms with E-state index in [9.17, 15) is 8.78 Å². The van der Waals surface area contributed by atoms with Gasteiger partial charge in [-0.25, -0.2) is 8.78 Å². The molecule has 112 valence electrons. The van der Waals surface area contributed by atoms with E-state index < -0.39 is 0 Å². The third-order valence-corrected chi connectivity index (χ3v) is 4.39.